The fourth-order valence-electron chi connectivity index (χ4n) is 1.56. The molecule has 0 amide bonds. The van der Waals surface area contributed by atoms with Gasteiger partial charge >= 0.3 is 0 Å². The SMILES string of the molecule is Cc1cc(-c2ncccn2)cn[n+]1CCS(=O)(=O)[O-]. The molecule has 2 heterocycles. The molecule has 0 fully saturated rings. The maximum absolute atomic E-state index is 10.6. The van der Waals surface area contributed by atoms with Crippen LogP contribution in [0.3, 0.4) is 0 Å². The molecular formula is C11H12N4O3S. The Hall–Kier alpha value is -1.93. The molecule has 0 aromatic carbocycles. The zero-order chi connectivity index (χ0) is 13.9. The molecule has 0 aliphatic rings. The molecule has 0 atom stereocenters. The van der Waals surface area contributed by atoms with Crippen molar-refractivity contribution < 1.29 is 17.7 Å². The number of aromatic nitrogens is 4. The van der Waals surface area contributed by atoms with Crippen LogP contribution in [0.15, 0.2) is 30.7 Å². The van der Waals surface area contributed by atoms with Crippen LogP contribution in [0.25, 0.3) is 11.4 Å². The van der Waals surface area contributed by atoms with Crippen molar-refractivity contribution in [3.63, 3.8) is 0 Å². The van der Waals surface area contributed by atoms with E-state index in [4.69, 9.17) is 0 Å². The van der Waals surface area contributed by atoms with Gasteiger partial charge in [-0.2, -0.15) is 0 Å². The normalized spacial score (nSPS) is 11.5. The van der Waals surface area contributed by atoms with E-state index in [1.54, 1.807) is 37.6 Å². The lowest BCUT2D eigenvalue weighted by Crippen LogP contribution is -2.43. The van der Waals surface area contributed by atoms with Gasteiger partial charge in [0, 0.05) is 30.9 Å². The second kappa shape index (κ2) is 5.37. The largest absolute Gasteiger partial charge is 0.748 e. The van der Waals surface area contributed by atoms with Gasteiger partial charge in [0.05, 0.1) is 5.75 Å². The van der Waals surface area contributed by atoms with Gasteiger partial charge < -0.3 is 4.55 Å². The summed E-state index contributed by atoms with van der Waals surface area (Å²) in [5, 5.41) is 4.09. The molecule has 8 heteroatoms. The molecule has 0 aliphatic carbocycles. The Labute approximate surface area is 110 Å². The lowest BCUT2D eigenvalue weighted by atomic mass is 10.2. The van der Waals surface area contributed by atoms with Crippen LogP contribution in [-0.4, -0.2) is 33.8 Å². The number of aryl methyl sites for hydroxylation is 2. The predicted octanol–water partition coefficient (Wildman–Crippen LogP) is -0.320. The monoisotopic (exact) mass is 280 g/mol. The second-order valence-electron chi connectivity index (χ2n) is 3.94. The van der Waals surface area contributed by atoms with Crippen molar-refractivity contribution in [2.24, 2.45) is 0 Å². The number of hydrogen-bond acceptors (Lipinski definition) is 6. The van der Waals surface area contributed by atoms with Crippen LogP contribution in [-0.2, 0) is 16.7 Å². The number of nitrogens with zero attached hydrogens (tertiary/aromatic N) is 4. The molecular weight excluding hydrogens is 268 g/mol. The van der Waals surface area contributed by atoms with Crippen LogP contribution >= 0.6 is 0 Å². The van der Waals surface area contributed by atoms with Crippen molar-refractivity contribution in [2.75, 3.05) is 5.75 Å². The van der Waals surface area contributed by atoms with Crippen LogP contribution in [0.4, 0.5) is 0 Å². The van der Waals surface area contributed by atoms with Gasteiger partial charge in [0.2, 0.25) is 5.69 Å². The predicted molar refractivity (Wildman–Crippen MR) is 64.8 cm³/mol. The topological polar surface area (TPSA) is 99.8 Å². The van der Waals surface area contributed by atoms with Crippen LogP contribution in [0.5, 0.6) is 0 Å². The van der Waals surface area contributed by atoms with E-state index in [2.05, 4.69) is 15.1 Å². The Morgan fingerprint density at radius 3 is 2.58 bits per heavy atom. The average molecular weight is 280 g/mol. The first-order valence-electron chi connectivity index (χ1n) is 5.53. The molecule has 0 saturated heterocycles. The summed E-state index contributed by atoms with van der Waals surface area (Å²) in [5.74, 6) is 0.0638. The van der Waals surface area contributed by atoms with Crippen LogP contribution in [0.2, 0.25) is 0 Å². The summed E-state index contributed by atoms with van der Waals surface area (Å²) in [6, 6.07) is 3.51. The summed E-state index contributed by atoms with van der Waals surface area (Å²) >= 11 is 0. The van der Waals surface area contributed by atoms with Gasteiger partial charge in [0.25, 0.3) is 0 Å². The maximum Gasteiger partial charge on any atom is 0.206 e. The molecule has 0 aliphatic heterocycles. The number of rotatable bonds is 4. The summed E-state index contributed by atoms with van der Waals surface area (Å²) in [6.45, 7) is 1.81. The smallest absolute Gasteiger partial charge is 0.206 e. The van der Waals surface area contributed by atoms with E-state index < -0.39 is 15.9 Å². The van der Waals surface area contributed by atoms with Crippen molar-refractivity contribution in [1.82, 2.24) is 15.1 Å². The zero-order valence-corrected chi connectivity index (χ0v) is 11.0. The molecule has 19 heavy (non-hydrogen) atoms. The van der Waals surface area contributed by atoms with Crippen molar-refractivity contribution in [3.05, 3.63) is 36.4 Å². The summed E-state index contributed by atoms with van der Waals surface area (Å²) in [5.41, 5.74) is 1.47. The molecule has 0 N–H and O–H groups in total. The van der Waals surface area contributed by atoms with Gasteiger partial charge in [-0.3, -0.25) is 0 Å². The van der Waals surface area contributed by atoms with Crippen molar-refractivity contribution in [3.8, 4) is 11.4 Å². The Morgan fingerprint density at radius 2 is 2.00 bits per heavy atom. The quantitative estimate of drug-likeness (QED) is 0.562. The first-order chi connectivity index (χ1) is 8.96. The Kier molecular flexibility index (Phi) is 3.82. The highest BCUT2D eigenvalue weighted by Crippen LogP contribution is 2.11. The van der Waals surface area contributed by atoms with Gasteiger partial charge in [-0.15, -0.1) is 0 Å². The lowest BCUT2D eigenvalue weighted by molar-refractivity contribution is -0.755. The average Bonchev–Trinajstić information content (AvgIpc) is 2.37. The van der Waals surface area contributed by atoms with Gasteiger partial charge in [-0.05, 0) is 11.2 Å². The fourth-order valence-corrected chi connectivity index (χ4v) is 1.96. The van der Waals surface area contributed by atoms with Gasteiger partial charge in [-0.25, -0.2) is 18.4 Å². The molecule has 2 aromatic rings. The van der Waals surface area contributed by atoms with Crippen molar-refractivity contribution in [1.29, 1.82) is 0 Å². The van der Waals surface area contributed by atoms with E-state index >= 15 is 0 Å². The third-order valence-corrected chi connectivity index (χ3v) is 3.17. The molecule has 0 spiro atoms. The Balaban J connectivity index is 2.23. The van der Waals surface area contributed by atoms with E-state index in [1.807, 2.05) is 0 Å². The third kappa shape index (κ3) is 3.76. The Bertz CT molecular complexity index is 674. The molecule has 0 bridgehead atoms. The summed E-state index contributed by atoms with van der Waals surface area (Å²) in [4.78, 5) is 8.20. The van der Waals surface area contributed by atoms with Gasteiger partial charge in [0.1, 0.15) is 16.3 Å². The van der Waals surface area contributed by atoms with Crippen molar-refractivity contribution in [2.45, 2.75) is 13.5 Å². The summed E-state index contributed by atoms with van der Waals surface area (Å²) in [7, 11) is -4.24. The molecule has 0 radical (unpaired) electrons. The fraction of sp³-hybridized carbons (Fsp3) is 0.273. The molecule has 7 nitrogen and oxygen atoms in total. The van der Waals surface area contributed by atoms with E-state index in [1.165, 1.54) is 4.68 Å². The summed E-state index contributed by atoms with van der Waals surface area (Å²) in [6.07, 6.45) is 4.80. The van der Waals surface area contributed by atoms with E-state index in [0.717, 1.165) is 11.3 Å². The van der Waals surface area contributed by atoms with Gasteiger partial charge in [-0.1, -0.05) is 4.68 Å². The lowest BCUT2D eigenvalue weighted by Gasteiger charge is -2.04. The van der Waals surface area contributed by atoms with Crippen LogP contribution < -0.4 is 4.68 Å². The summed E-state index contributed by atoms with van der Waals surface area (Å²) < 4.78 is 33.2. The van der Waals surface area contributed by atoms with Crippen LogP contribution in [0.1, 0.15) is 5.69 Å². The van der Waals surface area contributed by atoms with Crippen LogP contribution in [0, 0.1) is 6.92 Å². The second-order valence-corrected chi connectivity index (χ2v) is 5.47. The third-order valence-electron chi connectivity index (χ3n) is 2.48. The molecule has 100 valence electrons. The minimum Gasteiger partial charge on any atom is -0.748 e. The van der Waals surface area contributed by atoms with E-state index in [9.17, 15) is 13.0 Å². The van der Waals surface area contributed by atoms with Gasteiger partial charge in [0.15, 0.2) is 12.4 Å². The number of hydrogen-bond donors (Lipinski definition) is 0. The minimum absolute atomic E-state index is 0.0353. The highest BCUT2D eigenvalue weighted by Gasteiger charge is 2.13. The molecule has 2 aromatic heterocycles. The molecule has 0 unspecified atom stereocenters. The highest BCUT2D eigenvalue weighted by molar-refractivity contribution is 7.85. The highest BCUT2D eigenvalue weighted by atomic mass is 32.2. The maximum atomic E-state index is 10.6. The van der Waals surface area contributed by atoms with E-state index in [-0.39, 0.29) is 6.54 Å². The minimum atomic E-state index is -4.24. The first kappa shape index (κ1) is 13.5. The standard InChI is InChI=1S/C11H12N4O3S/c1-9-7-10(11-12-3-2-4-13-11)8-14-15(9)5-6-19(16,17)18/h2-4,7-8H,5-6H2,1H3. The van der Waals surface area contributed by atoms with E-state index in [0.29, 0.717) is 5.82 Å². The first-order valence-corrected chi connectivity index (χ1v) is 7.11. The zero-order valence-electron chi connectivity index (χ0n) is 10.2. The Morgan fingerprint density at radius 1 is 1.32 bits per heavy atom. The molecule has 2 rings (SSSR count). The van der Waals surface area contributed by atoms with Crippen molar-refractivity contribution >= 4 is 10.1 Å². The molecule has 0 saturated carbocycles.